The molecule has 0 radical (unpaired) electrons. The highest BCUT2D eigenvalue weighted by Gasteiger charge is 2.58. The normalized spacial score (nSPS) is 46.1. The highest BCUT2D eigenvalue weighted by Crippen LogP contribution is 2.50. The molecular formula is C23H42NO3+. The van der Waals surface area contributed by atoms with Crippen LogP contribution in [-0.2, 0) is 4.74 Å². The van der Waals surface area contributed by atoms with Crippen molar-refractivity contribution >= 4 is 0 Å². The van der Waals surface area contributed by atoms with Crippen LogP contribution in [0.25, 0.3) is 0 Å². The first-order valence-corrected chi connectivity index (χ1v) is 11.9. The molecule has 2 bridgehead atoms. The maximum Gasteiger partial charge on any atom is 0.220 e. The van der Waals surface area contributed by atoms with Crippen LogP contribution in [0.1, 0.15) is 103 Å². The van der Waals surface area contributed by atoms with E-state index in [4.69, 9.17) is 4.74 Å². The van der Waals surface area contributed by atoms with E-state index in [-0.39, 0.29) is 17.0 Å². The SMILES string of the molecule is CC1OC2CCCCC23CCC[N+]1(O)C3.O[C@H]1CCCCC12CCCCC2. The summed E-state index contributed by atoms with van der Waals surface area (Å²) < 4.78 is 6.25. The third-order valence-electron chi connectivity index (χ3n) is 8.88. The van der Waals surface area contributed by atoms with Crippen LogP contribution >= 0.6 is 0 Å². The van der Waals surface area contributed by atoms with Crippen molar-refractivity contribution in [2.45, 2.75) is 122 Å². The topological polar surface area (TPSA) is 49.7 Å². The van der Waals surface area contributed by atoms with E-state index >= 15 is 0 Å². The van der Waals surface area contributed by atoms with Crippen molar-refractivity contribution in [3.05, 3.63) is 0 Å². The van der Waals surface area contributed by atoms with E-state index in [2.05, 4.69) is 0 Å². The minimum absolute atomic E-state index is 0.0125. The molecule has 2 saturated heterocycles. The number of hydrogen-bond acceptors (Lipinski definition) is 3. The van der Waals surface area contributed by atoms with E-state index in [1.54, 1.807) is 0 Å². The maximum absolute atomic E-state index is 10.5. The lowest BCUT2D eigenvalue weighted by molar-refractivity contribution is -1.15. The van der Waals surface area contributed by atoms with Crippen molar-refractivity contribution in [2.75, 3.05) is 13.1 Å². The Morgan fingerprint density at radius 2 is 1.37 bits per heavy atom. The molecule has 4 nitrogen and oxygen atoms in total. The molecule has 4 unspecified atom stereocenters. The van der Waals surface area contributed by atoms with Gasteiger partial charge in [0.2, 0.25) is 6.23 Å². The van der Waals surface area contributed by atoms with Gasteiger partial charge in [-0.1, -0.05) is 44.9 Å². The number of aliphatic hydroxyl groups excluding tert-OH is 1. The molecule has 2 N–H and O–H groups in total. The smallest absolute Gasteiger partial charge is 0.220 e. The van der Waals surface area contributed by atoms with Gasteiger partial charge in [0.25, 0.3) is 0 Å². The summed E-state index contributed by atoms with van der Waals surface area (Å²) in [5.41, 5.74) is 0.689. The van der Waals surface area contributed by atoms with Crippen LogP contribution in [0.2, 0.25) is 0 Å². The molecule has 0 amide bonds. The van der Waals surface area contributed by atoms with Gasteiger partial charge in [0.05, 0.1) is 12.2 Å². The second-order valence-electron chi connectivity index (χ2n) is 10.5. The molecule has 0 aromatic rings. The van der Waals surface area contributed by atoms with Crippen LogP contribution in [0.4, 0.5) is 0 Å². The Balaban J connectivity index is 0.000000137. The molecule has 5 atom stereocenters. The van der Waals surface area contributed by atoms with Gasteiger partial charge in [-0.2, -0.15) is 4.65 Å². The number of hydroxylamine groups is 3. The highest BCUT2D eigenvalue weighted by molar-refractivity contribution is 4.94. The predicted molar refractivity (Wildman–Crippen MR) is 106 cm³/mol. The monoisotopic (exact) mass is 380 g/mol. The Morgan fingerprint density at radius 3 is 2.07 bits per heavy atom. The van der Waals surface area contributed by atoms with E-state index in [1.807, 2.05) is 6.92 Å². The molecule has 3 aliphatic carbocycles. The van der Waals surface area contributed by atoms with Gasteiger partial charge < -0.3 is 9.84 Å². The third kappa shape index (κ3) is 3.84. The molecule has 3 saturated carbocycles. The summed E-state index contributed by atoms with van der Waals surface area (Å²) in [6.45, 7) is 3.86. The van der Waals surface area contributed by atoms with Crippen molar-refractivity contribution in [1.82, 2.24) is 0 Å². The first-order chi connectivity index (χ1) is 13.0. The van der Waals surface area contributed by atoms with Crippen molar-refractivity contribution < 1.29 is 19.7 Å². The van der Waals surface area contributed by atoms with Gasteiger partial charge in [-0.3, -0.25) is 0 Å². The van der Waals surface area contributed by atoms with Crippen LogP contribution in [0.5, 0.6) is 0 Å². The molecule has 156 valence electrons. The van der Waals surface area contributed by atoms with Gasteiger partial charge in [-0.05, 0) is 50.4 Å². The number of quaternary nitrogens is 1. The number of rotatable bonds is 0. The van der Waals surface area contributed by atoms with Crippen LogP contribution in [0.15, 0.2) is 0 Å². The summed E-state index contributed by atoms with van der Waals surface area (Å²) >= 11 is 0. The minimum Gasteiger partial charge on any atom is -0.393 e. The summed E-state index contributed by atoms with van der Waals surface area (Å²) in [5.74, 6) is 0. The summed E-state index contributed by atoms with van der Waals surface area (Å²) in [5, 5.41) is 20.5. The van der Waals surface area contributed by atoms with Gasteiger partial charge in [0, 0.05) is 18.8 Å². The van der Waals surface area contributed by atoms with Gasteiger partial charge in [-0.25, -0.2) is 5.21 Å². The average molecular weight is 381 g/mol. The fourth-order valence-electron chi connectivity index (χ4n) is 7.15. The van der Waals surface area contributed by atoms with Crippen LogP contribution in [-0.4, -0.2) is 46.5 Å². The zero-order chi connectivity index (χ0) is 19.0. The fraction of sp³-hybridized carbons (Fsp3) is 1.00. The summed E-state index contributed by atoms with van der Waals surface area (Å²) in [6.07, 6.45) is 19.7. The second-order valence-corrected chi connectivity index (χ2v) is 10.5. The maximum atomic E-state index is 10.5. The van der Waals surface area contributed by atoms with Gasteiger partial charge >= 0.3 is 0 Å². The van der Waals surface area contributed by atoms with E-state index in [0.717, 1.165) is 19.5 Å². The standard InChI is InChI=1S/C12H22NO2.C11H20O/c1-10-13(14)8-4-7-12(9-13)6-3-2-5-11(12)15-10;12-10-6-2-5-9-11(10)7-3-1-4-8-11/h10-11,14H,2-9H2,1H3;10,12H,1-9H2/q+1;/t;10-/m.0/s1. The number of fused-ring (bicyclic) bond motifs is 1. The molecule has 5 rings (SSSR count). The van der Waals surface area contributed by atoms with E-state index in [1.165, 1.54) is 89.9 Å². The molecule has 2 heterocycles. The molecule has 27 heavy (non-hydrogen) atoms. The molecule has 4 heteroatoms. The van der Waals surface area contributed by atoms with Crippen LogP contribution in [0.3, 0.4) is 0 Å². The van der Waals surface area contributed by atoms with Crippen LogP contribution < -0.4 is 0 Å². The van der Waals surface area contributed by atoms with Crippen LogP contribution in [0, 0.1) is 10.8 Å². The third-order valence-corrected chi connectivity index (χ3v) is 8.88. The fourth-order valence-corrected chi connectivity index (χ4v) is 7.15. The largest absolute Gasteiger partial charge is 0.393 e. The average Bonchev–Trinajstić information content (AvgIpc) is 2.67. The van der Waals surface area contributed by atoms with E-state index in [9.17, 15) is 10.3 Å². The van der Waals surface area contributed by atoms with E-state index in [0.29, 0.717) is 16.9 Å². The molecular weight excluding hydrogens is 338 g/mol. The first-order valence-electron chi connectivity index (χ1n) is 11.9. The quantitative estimate of drug-likeness (QED) is 0.571. The Bertz CT molecular complexity index is 494. The number of ether oxygens (including phenoxy) is 1. The lowest BCUT2D eigenvalue weighted by atomic mass is 9.64. The predicted octanol–water partition coefficient (Wildman–Crippen LogP) is 5.16. The van der Waals surface area contributed by atoms with Crippen molar-refractivity contribution in [1.29, 1.82) is 0 Å². The Hall–Kier alpha value is -0.160. The summed E-state index contributed by atoms with van der Waals surface area (Å²) in [4.78, 5) is 0. The lowest BCUT2D eigenvalue weighted by Crippen LogP contribution is -2.69. The number of piperidine rings is 1. The molecule has 5 aliphatic rings. The Morgan fingerprint density at radius 1 is 0.778 bits per heavy atom. The molecule has 0 aromatic heterocycles. The Kier molecular flexibility index (Phi) is 5.91. The minimum atomic E-state index is -0.0125. The zero-order valence-corrected chi connectivity index (χ0v) is 17.5. The number of nitrogens with zero attached hydrogens (tertiary/aromatic N) is 1. The van der Waals surface area contributed by atoms with Crippen molar-refractivity contribution in [3.8, 4) is 0 Å². The summed E-state index contributed by atoms with van der Waals surface area (Å²) in [6, 6.07) is 0. The highest BCUT2D eigenvalue weighted by atomic mass is 16.6. The Labute approximate surface area is 165 Å². The van der Waals surface area contributed by atoms with Gasteiger partial charge in [0.1, 0.15) is 13.1 Å². The number of hydrogen-bond donors (Lipinski definition) is 2. The van der Waals surface area contributed by atoms with Crippen molar-refractivity contribution in [2.24, 2.45) is 10.8 Å². The first kappa shape index (κ1) is 20.1. The zero-order valence-electron chi connectivity index (χ0n) is 17.5. The number of aliphatic hydroxyl groups is 1. The van der Waals surface area contributed by atoms with Crippen molar-refractivity contribution in [3.63, 3.8) is 0 Å². The lowest BCUT2D eigenvalue weighted by Gasteiger charge is -2.56. The molecule has 2 spiro atoms. The van der Waals surface area contributed by atoms with E-state index < -0.39 is 0 Å². The molecule has 0 aromatic carbocycles. The van der Waals surface area contributed by atoms with Gasteiger partial charge in [0.15, 0.2) is 0 Å². The molecule has 5 fully saturated rings. The second kappa shape index (κ2) is 7.93. The molecule has 2 aliphatic heterocycles. The summed E-state index contributed by atoms with van der Waals surface area (Å²) in [7, 11) is 0. The van der Waals surface area contributed by atoms with Gasteiger partial charge in [-0.15, -0.1) is 0 Å².